The van der Waals surface area contributed by atoms with Crippen molar-refractivity contribution in [2.45, 2.75) is 57.7 Å². The summed E-state index contributed by atoms with van der Waals surface area (Å²) < 4.78 is 22.6. The van der Waals surface area contributed by atoms with Crippen LogP contribution in [0.3, 0.4) is 0 Å². The van der Waals surface area contributed by atoms with Crippen molar-refractivity contribution in [3.8, 4) is 0 Å². The summed E-state index contributed by atoms with van der Waals surface area (Å²) in [6.45, 7) is 9.15. The fourth-order valence-corrected chi connectivity index (χ4v) is 6.87. The van der Waals surface area contributed by atoms with Crippen molar-refractivity contribution in [1.29, 1.82) is 0 Å². The Labute approximate surface area is 252 Å². The first kappa shape index (κ1) is 29.6. The highest BCUT2D eigenvalue weighted by Crippen LogP contribution is 2.40. The minimum absolute atomic E-state index is 0.157. The Morgan fingerprint density at radius 1 is 1.14 bits per heavy atom. The van der Waals surface area contributed by atoms with E-state index in [2.05, 4.69) is 21.6 Å². The predicted octanol–water partition coefficient (Wildman–Crippen LogP) is 5.10. The Morgan fingerprint density at radius 2 is 1.88 bits per heavy atom. The average Bonchev–Trinajstić information content (AvgIpc) is 3.23. The smallest absolute Gasteiger partial charge is 0.123 e. The van der Waals surface area contributed by atoms with Gasteiger partial charge >= 0.3 is 0 Å². The number of pyridine rings is 1. The number of aliphatic hydroxyl groups is 1. The van der Waals surface area contributed by atoms with Gasteiger partial charge in [0.1, 0.15) is 5.82 Å². The molecule has 2 aromatic heterocycles. The molecule has 2 aromatic carbocycles. The Kier molecular flexibility index (Phi) is 7.93. The largest absolute Gasteiger partial charge is 0.401 e. The summed E-state index contributed by atoms with van der Waals surface area (Å²) in [6, 6.07) is 15.5. The van der Waals surface area contributed by atoms with Gasteiger partial charge in [-0.1, -0.05) is 24.3 Å². The number of piperidine rings is 1. The van der Waals surface area contributed by atoms with E-state index in [4.69, 9.17) is 21.3 Å². The van der Waals surface area contributed by atoms with Crippen molar-refractivity contribution < 1.29 is 14.2 Å². The SMILES string of the molecule is C/C(N)=C(\c1cnc2c3ccc(C(C)(C)O)cc3n(C(CC3CCN(C4COC4)CC3)c3cccc(F)c3)c2c1)N(C)N. The molecule has 2 aliphatic heterocycles. The highest BCUT2D eigenvalue weighted by molar-refractivity contribution is 6.06. The zero-order valence-corrected chi connectivity index (χ0v) is 25.6. The number of likely N-dealkylation sites (tertiary alicyclic amines) is 1. The van der Waals surface area contributed by atoms with E-state index in [0.717, 1.165) is 84.2 Å². The Bertz CT molecular complexity index is 1660. The lowest BCUT2D eigenvalue weighted by atomic mass is 9.86. The molecule has 0 spiro atoms. The summed E-state index contributed by atoms with van der Waals surface area (Å²) in [6.07, 6.45) is 4.82. The highest BCUT2D eigenvalue weighted by Gasteiger charge is 2.32. The molecule has 0 saturated carbocycles. The van der Waals surface area contributed by atoms with Crippen LogP contribution in [0.5, 0.6) is 0 Å². The molecule has 1 unspecified atom stereocenters. The van der Waals surface area contributed by atoms with E-state index in [1.165, 1.54) is 11.1 Å². The number of nitrogens with zero attached hydrogens (tertiary/aromatic N) is 4. The standard InChI is InChI=1S/C34H43FN6O2/c1-21(36)33(39(4)37)24-16-31-32(38-18-24)28-9-8-25(34(2,3)42)17-30(28)41(31)29(23-6-5-7-26(35)15-23)14-22-10-12-40(13-11-22)27-19-43-20-27/h5-9,15-18,22,27,29,42H,10-14,19-20,36-37H2,1-4H3/b33-21-. The minimum Gasteiger partial charge on any atom is -0.401 e. The van der Waals surface area contributed by atoms with Crippen LogP contribution in [0.25, 0.3) is 27.6 Å². The summed E-state index contributed by atoms with van der Waals surface area (Å²) in [7, 11) is 1.76. The van der Waals surface area contributed by atoms with E-state index in [0.29, 0.717) is 23.4 Å². The van der Waals surface area contributed by atoms with Gasteiger partial charge in [0.2, 0.25) is 0 Å². The number of aromatic nitrogens is 2. The maximum absolute atomic E-state index is 14.8. The van der Waals surface area contributed by atoms with Crippen LogP contribution in [0, 0.1) is 11.7 Å². The van der Waals surface area contributed by atoms with Gasteiger partial charge in [-0.3, -0.25) is 9.88 Å². The van der Waals surface area contributed by atoms with E-state index >= 15 is 0 Å². The van der Waals surface area contributed by atoms with Gasteiger partial charge in [-0.2, -0.15) is 0 Å². The molecule has 0 amide bonds. The van der Waals surface area contributed by atoms with E-state index in [9.17, 15) is 9.50 Å². The van der Waals surface area contributed by atoms with Crippen LogP contribution >= 0.6 is 0 Å². The molecule has 0 radical (unpaired) electrons. The summed E-state index contributed by atoms with van der Waals surface area (Å²) in [4.78, 5) is 7.50. The lowest BCUT2D eigenvalue weighted by Gasteiger charge is -2.42. The molecule has 2 saturated heterocycles. The van der Waals surface area contributed by atoms with Crippen molar-refractivity contribution in [3.63, 3.8) is 0 Å². The number of nitrogens with two attached hydrogens (primary N) is 2. The summed E-state index contributed by atoms with van der Waals surface area (Å²) in [5.74, 6) is 6.42. The fourth-order valence-electron chi connectivity index (χ4n) is 6.87. The van der Waals surface area contributed by atoms with Crippen molar-refractivity contribution in [3.05, 3.63) is 82.9 Å². The maximum Gasteiger partial charge on any atom is 0.123 e. The molecular formula is C34H43FN6O2. The molecule has 228 valence electrons. The number of hydrogen-bond acceptors (Lipinski definition) is 7. The zero-order valence-electron chi connectivity index (χ0n) is 25.6. The van der Waals surface area contributed by atoms with Crippen molar-refractivity contribution in [2.75, 3.05) is 33.4 Å². The quantitative estimate of drug-likeness (QED) is 0.195. The number of allylic oxidation sites excluding steroid dienone is 1. The number of fused-ring (bicyclic) bond motifs is 3. The molecule has 1 atom stereocenters. The number of benzene rings is 2. The maximum atomic E-state index is 14.8. The second-order valence-electron chi connectivity index (χ2n) is 12.9. The predicted molar refractivity (Wildman–Crippen MR) is 169 cm³/mol. The summed E-state index contributed by atoms with van der Waals surface area (Å²) in [5, 5.41) is 13.5. The molecule has 0 bridgehead atoms. The van der Waals surface area contributed by atoms with Crippen LogP contribution in [-0.2, 0) is 10.3 Å². The van der Waals surface area contributed by atoms with Crippen LogP contribution in [0.1, 0.15) is 62.8 Å². The van der Waals surface area contributed by atoms with Gasteiger partial charge in [-0.25, -0.2) is 10.2 Å². The summed E-state index contributed by atoms with van der Waals surface area (Å²) in [5.41, 5.74) is 11.8. The van der Waals surface area contributed by atoms with E-state index in [-0.39, 0.29) is 11.9 Å². The molecule has 6 rings (SSSR count). The lowest BCUT2D eigenvalue weighted by Crippen LogP contribution is -2.51. The summed E-state index contributed by atoms with van der Waals surface area (Å²) >= 11 is 0. The first-order valence-corrected chi connectivity index (χ1v) is 15.2. The molecule has 43 heavy (non-hydrogen) atoms. The van der Waals surface area contributed by atoms with Crippen LogP contribution in [-0.4, -0.2) is 64.0 Å². The van der Waals surface area contributed by atoms with Gasteiger partial charge in [0.05, 0.1) is 53.1 Å². The molecule has 5 N–H and O–H groups in total. The average molecular weight is 587 g/mol. The Hall–Kier alpha value is -3.50. The number of halogens is 1. The molecule has 0 aliphatic carbocycles. The minimum atomic E-state index is -1.03. The van der Waals surface area contributed by atoms with Crippen LogP contribution < -0.4 is 11.6 Å². The first-order valence-electron chi connectivity index (χ1n) is 15.2. The molecule has 8 nitrogen and oxygen atoms in total. The first-order chi connectivity index (χ1) is 20.5. The van der Waals surface area contributed by atoms with E-state index in [1.807, 2.05) is 31.3 Å². The van der Waals surface area contributed by atoms with Crippen LogP contribution in [0.2, 0.25) is 0 Å². The van der Waals surface area contributed by atoms with Gasteiger partial charge in [0, 0.05) is 29.9 Å². The monoisotopic (exact) mass is 586 g/mol. The number of rotatable bonds is 8. The normalized spacial score (nSPS) is 18.6. The third-order valence-corrected chi connectivity index (χ3v) is 9.23. The number of ether oxygens (including phenoxy) is 1. The molecular weight excluding hydrogens is 543 g/mol. The molecule has 4 heterocycles. The van der Waals surface area contributed by atoms with Gasteiger partial charge in [0.25, 0.3) is 0 Å². The second-order valence-corrected chi connectivity index (χ2v) is 12.9. The van der Waals surface area contributed by atoms with Gasteiger partial charge < -0.3 is 25.2 Å². The van der Waals surface area contributed by atoms with E-state index in [1.54, 1.807) is 33.0 Å². The molecule has 4 aromatic rings. The molecule has 2 fully saturated rings. The molecule has 9 heteroatoms. The van der Waals surface area contributed by atoms with Crippen molar-refractivity contribution in [2.24, 2.45) is 17.5 Å². The van der Waals surface area contributed by atoms with Gasteiger partial charge in [0.15, 0.2) is 0 Å². The van der Waals surface area contributed by atoms with E-state index < -0.39 is 5.60 Å². The molecule has 2 aliphatic rings. The van der Waals surface area contributed by atoms with Crippen molar-refractivity contribution >= 4 is 27.6 Å². The Balaban J connectivity index is 1.54. The van der Waals surface area contributed by atoms with Crippen LogP contribution in [0.4, 0.5) is 4.39 Å². The number of hydrogen-bond donors (Lipinski definition) is 3. The van der Waals surface area contributed by atoms with Crippen LogP contribution in [0.15, 0.2) is 60.4 Å². The van der Waals surface area contributed by atoms with Gasteiger partial charge in [-0.15, -0.1) is 0 Å². The second kappa shape index (κ2) is 11.5. The van der Waals surface area contributed by atoms with Gasteiger partial charge in [-0.05, 0) is 94.4 Å². The van der Waals surface area contributed by atoms with Crippen molar-refractivity contribution in [1.82, 2.24) is 19.5 Å². The number of hydrazine groups is 1. The fraction of sp³-hybridized carbons (Fsp3) is 0.441. The highest BCUT2D eigenvalue weighted by atomic mass is 19.1. The third kappa shape index (κ3) is 5.74. The third-order valence-electron chi connectivity index (χ3n) is 9.23. The lowest BCUT2D eigenvalue weighted by molar-refractivity contribution is -0.0742. The topological polar surface area (TPSA) is 106 Å². The Morgan fingerprint density at radius 3 is 2.49 bits per heavy atom. The zero-order chi connectivity index (χ0) is 30.5.